The monoisotopic (exact) mass is 520 g/mol. The molecular weight excluding hydrogens is 487 g/mol. The van der Waals surface area contributed by atoms with E-state index in [0.29, 0.717) is 33.6 Å². The number of nitrogens with zero attached hydrogens (tertiary/aromatic N) is 3. The second kappa shape index (κ2) is 12.6. The van der Waals surface area contributed by atoms with E-state index in [-0.39, 0.29) is 30.6 Å². The lowest BCUT2D eigenvalue weighted by Crippen LogP contribution is -2.54. The van der Waals surface area contributed by atoms with E-state index in [4.69, 9.17) is 16.3 Å². The highest BCUT2D eigenvalue weighted by atomic mass is 35.5. The van der Waals surface area contributed by atoms with Gasteiger partial charge in [0.2, 0.25) is 5.91 Å². The number of anilines is 1. The Bertz CT molecular complexity index is 1000. The average molecular weight is 521 g/mol. The Kier molecular flexibility index (Phi) is 9.80. The van der Waals surface area contributed by atoms with Crippen LogP contribution in [0.1, 0.15) is 28.8 Å². The van der Waals surface area contributed by atoms with Crippen LogP contribution in [-0.4, -0.2) is 92.4 Å². The number of hydrogen-bond acceptors (Lipinski definition) is 6. The summed E-state index contributed by atoms with van der Waals surface area (Å²) in [5.74, 6) is 0.558. The van der Waals surface area contributed by atoms with Gasteiger partial charge in [0.15, 0.2) is 5.78 Å². The maximum atomic E-state index is 12.9. The Labute approximate surface area is 218 Å². The van der Waals surface area contributed by atoms with E-state index in [2.05, 4.69) is 22.2 Å². The molecule has 1 N–H and O–H groups in total. The topological polar surface area (TPSA) is 65.1 Å². The number of ketones is 1. The minimum Gasteiger partial charge on any atom is -0.497 e. The third-order valence-corrected chi connectivity index (χ3v) is 7.30. The summed E-state index contributed by atoms with van der Waals surface area (Å²) in [4.78, 5) is 32.6. The molecule has 0 aromatic heterocycles. The van der Waals surface area contributed by atoms with Crippen LogP contribution in [0.5, 0.6) is 5.75 Å². The van der Waals surface area contributed by atoms with Crippen molar-refractivity contribution < 1.29 is 14.3 Å². The van der Waals surface area contributed by atoms with Gasteiger partial charge in [-0.1, -0.05) is 17.7 Å². The molecule has 0 unspecified atom stereocenters. The molecule has 0 saturated carbocycles. The van der Waals surface area contributed by atoms with Crippen molar-refractivity contribution in [3.8, 4) is 5.75 Å². The number of carbonyl (C=O) groups is 2. The molecule has 4 rings (SSSR count). The van der Waals surface area contributed by atoms with Gasteiger partial charge >= 0.3 is 0 Å². The molecule has 9 heteroatoms. The van der Waals surface area contributed by atoms with E-state index in [1.54, 1.807) is 49.6 Å². The molecule has 35 heavy (non-hydrogen) atoms. The molecule has 0 atom stereocenters. The lowest BCUT2D eigenvalue weighted by Gasteiger charge is -2.42. The number of amides is 1. The van der Waals surface area contributed by atoms with Crippen molar-refractivity contribution >= 4 is 41.4 Å². The Morgan fingerprint density at radius 3 is 2.29 bits per heavy atom. The molecule has 2 heterocycles. The summed E-state index contributed by atoms with van der Waals surface area (Å²) >= 11 is 6.55. The second-order valence-corrected chi connectivity index (χ2v) is 9.41. The van der Waals surface area contributed by atoms with Crippen molar-refractivity contribution in [2.75, 3.05) is 65.3 Å². The number of carbonyl (C=O) groups excluding carboxylic acids is 2. The molecule has 2 saturated heterocycles. The normalized spacial score (nSPS) is 17.5. The number of rotatable bonds is 7. The summed E-state index contributed by atoms with van der Waals surface area (Å²) in [6, 6.07) is 12.8. The third kappa shape index (κ3) is 6.67. The fraction of sp³-hybridized carbons (Fsp3) is 0.462. The lowest BCUT2D eigenvalue weighted by molar-refractivity contribution is -0.131. The summed E-state index contributed by atoms with van der Waals surface area (Å²) in [5.41, 5.74) is 1.51. The average Bonchev–Trinajstić information content (AvgIpc) is 2.88. The first-order valence-electron chi connectivity index (χ1n) is 11.9. The molecule has 2 fully saturated rings. The van der Waals surface area contributed by atoms with Crippen molar-refractivity contribution in [3.63, 3.8) is 0 Å². The van der Waals surface area contributed by atoms with Crippen LogP contribution in [0, 0.1) is 0 Å². The molecule has 0 radical (unpaired) electrons. The number of ether oxygens (including phenoxy) is 1. The Morgan fingerprint density at radius 1 is 1.00 bits per heavy atom. The standard InChI is InChI=1S/C26H33ClN4O3.ClH/c1-29-12-10-20(11-13-29)30-14-16-31(17-15-30)24(32)18-28-23-5-3-4-22(25(23)27)26(33)19-6-8-21(34-2)9-7-19;/h3-9,20,28H,10-18H2,1-2H3;1H. The highest BCUT2D eigenvalue weighted by molar-refractivity contribution is 6.37. The van der Waals surface area contributed by atoms with Crippen molar-refractivity contribution in [2.45, 2.75) is 18.9 Å². The van der Waals surface area contributed by atoms with Gasteiger partial charge in [-0.25, -0.2) is 0 Å². The highest BCUT2D eigenvalue weighted by Gasteiger charge is 2.28. The van der Waals surface area contributed by atoms with Crippen LogP contribution in [0.3, 0.4) is 0 Å². The smallest absolute Gasteiger partial charge is 0.241 e. The first-order valence-corrected chi connectivity index (χ1v) is 12.3. The number of likely N-dealkylation sites (tertiary alicyclic amines) is 1. The molecule has 1 amide bonds. The minimum absolute atomic E-state index is 0. The first-order chi connectivity index (χ1) is 16.5. The van der Waals surface area contributed by atoms with Gasteiger partial charge in [0.1, 0.15) is 5.75 Å². The van der Waals surface area contributed by atoms with Gasteiger partial charge in [-0.15, -0.1) is 12.4 Å². The van der Waals surface area contributed by atoms with Gasteiger partial charge in [0.25, 0.3) is 0 Å². The van der Waals surface area contributed by atoms with Crippen LogP contribution < -0.4 is 10.1 Å². The molecule has 7 nitrogen and oxygen atoms in total. The first kappa shape index (κ1) is 27.3. The van der Waals surface area contributed by atoms with E-state index in [0.717, 1.165) is 39.3 Å². The summed E-state index contributed by atoms with van der Waals surface area (Å²) in [6.07, 6.45) is 2.41. The molecule has 190 valence electrons. The van der Waals surface area contributed by atoms with Crippen LogP contribution in [-0.2, 0) is 4.79 Å². The largest absolute Gasteiger partial charge is 0.497 e. The Hall–Kier alpha value is -2.32. The fourth-order valence-corrected chi connectivity index (χ4v) is 5.00. The molecule has 0 bridgehead atoms. The van der Waals surface area contributed by atoms with Crippen LogP contribution in [0.25, 0.3) is 0 Å². The molecule has 0 spiro atoms. The zero-order valence-corrected chi connectivity index (χ0v) is 21.9. The zero-order valence-electron chi connectivity index (χ0n) is 20.3. The molecular formula is C26H34Cl2N4O3. The van der Waals surface area contributed by atoms with Gasteiger partial charge < -0.3 is 19.9 Å². The summed E-state index contributed by atoms with van der Waals surface area (Å²) < 4.78 is 5.15. The predicted octanol–water partition coefficient (Wildman–Crippen LogP) is 3.65. The summed E-state index contributed by atoms with van der Waals surface area (Å²) in [7, 11) is 3.76. The number of methoxy groups -OCH3 is 1. The molecule has 0 aliphatic carbocycles. The number of hydrogen-bond donors (Lipinski definition) is 1. The molecule has 2 aromatic carbocycles. The van der Waals surface area contributed by atoms with Gasteiger partial charge in [-0.05, 0) is 69.4 Å². The third-order valence-electron chi connectivity index (χ3n) is 6.90. The van der Waals surface area contributed by atoms with Crippen molar-refractivity contribution in [3.05, 3.63) is 58.6 Å². The van der Waals surface area contributed by atoms with Crippen molar-refractivity contribution in [2.24, 2.45) is 0 Å². The van der Waals surface area contributed by atoms with E-state index >= 15 is 0 Å². The Balaban J connectivity index is 0.00000342. The Morgan fingerprint density at radius 2 is 1.66 bits per heavy atom. The number of piperazine rings is 1. The highest BCUT2D eigenvalue weighted by Crippen LogP contribution is 2.28. The fourth-order valence-electron chi connectivity index (χ4n) is 4.72. The predicted molar refractivity (Wildman–Crippen MR) is 142 cm³/mol. The molecule has 2 aromatic rings. The summed E-state index contributed by atoms with van der Waals surface area (Å²) in [6.45, 7) is 5.78. The number of benzene rings is 2. The maximum absolute atomic E-state index is 12.9. The van der Waals surface area contributed by atoms with Gasteiger partial charge in [0.05, 0.1) is 24.4 Å². The second-order valence-electron chi connectivity index (χ2n) is 9.03. The molecule has 2 aliphatic heterocycles. The van der Waals surface area contributed by atoms with E-state index < -0.39 is 0 Å². The minimum atomic E-state index is -0.173. The van der Waals surface area contributed by atoms with Gasteiger partial charge in [-0.2, -0.15) is 0 Å². The van der Waals surface area contributed by atoms with Crippen LogP contribution in [0.2, 0.25) is 5.02 Å². The number of piperidine rings is 1. The van der Waals surface area contributed by atoms with Crippen LogP contribution in [0.4, 0.5) is 5.69 Å². The van der Waals surface area contributed by atoms with Gasteiger partial charge in [-0.3, -0.25) is 14.5 Å². The van der Waals surface area contributed by atoms with Crippen molar-refractivity contribution in [1.29, 1.82) is 0 Å². The van der Waals surface area contributed by atoms with Gasteiger partial charge in [0, 0.05) is 43.3 Å². The quantitative estimate of drug-likeness (QED) is 0.562. The van der Waals surface area contributed by atoms with Crippen LogP contribution in [0.15, 0.2) is 42.5 Å². The zero-order chi connectivity index (χ0) is 24.1. The SMILES string of the molecule is COc1ccc(C(=O)c2cccc(NCC(=O)N3CCN(C4CCN(C)CC4)CC3)c2Cl)cc1.Cl. The summed E-state index contributed by atoms with van der Waals surface area (Å²) in [5, 5.41) is 3.46. The van der Waals surface area contributed by atoms with E-state index in [9.17, 15) is 9.59 Å². The molecule has 2 aliphatic rings. The van der Waals surface area contributed by atoms with E-state index in [1.807, 2.05) is 4.90 Å². The van der Waals surface area contributed by atoms with Crippen molar-refractivity contribution in [1.82, 2.24) is 14.7 Å². The number of halogens is 2. The van der Waals surface area contributed by atoms with E-state index in [1.165, 1.54) is 12.8 Å². The lowest BCUT2D eigenvalue weighted by atomic mass is 10.0. The number of nitrogens with one attached hydrogen (secondary N) is 1. The maximum Gasteiger partial charge on any atom is 0.241 e. The van der Waals surface area contributed by atoms with Crippen LogP contribution >= 0.6 is 24.0 Å².